The lowest BCUT2D eigenvalue weighted by atomic mass is 10.2. The van der Waals surface area contributed by atoms with Crippen molar-refractivity contribution in [3.63, 3.8) is 0 Å². The van der Waals surface area contributed by atoms with Gasteiger partial charge in [-0.15, -0.1) is 0 Å². The van der Waals surface area contributed by atoms with E-state index in [4.69, 9.17) is 14.2 Å². The zero-order valence-corrected chi connectivity index (χ0v) is 15.9. The van der Waals surface area contributed by atoms with Crippen LogP contribution in [-0.4, -0.2) is 37.8 Å². The number of rotatable bonds is 9. The number of nitrogens with one attached hydrogen (secondary N) is 1. The molecule has 0 saturated heterocycles. The minimum Gasteiger partial charge on any atom is -0.479 e. The summed E-state index contributed by atoms with van der Waals surface area (Å²) in [6, 6.07) is 14.1. The highest BCUT2D eigenvalue weighted by molar-refractivity contribution is 6.04. The van der Waals surface area contributed by atoms with E-state index in [1.165, 1.54) is 0 Å². The molecule has 2 aromatic carbocycles. The van der Waals surface area contributed by atoms with E-state index < -0.39 is 12.1 Å². The van der Waals surface area contributed by atoms with Gasteiger partial charge < -0.3 is 19.5 Å². The van der Waals surface area contributed by atoms with Gasteiger partial charge in [-0.1, -0.05) is 17.7 Å². The molecule has 0 spiro atoms. The van der Waals surface area contributed by atoms with E-state index in [0.29, 0.717) is 24.5 Å². The van der Waals surface area contributed by atoms with Crippen molar-refractivity contribution >= 4 is 17.6 Å². The summed E-state index contributed by atoms with van der Waals surface area (Å²) in [6.45, 7) is 6.60. The number of hydrogen-bond donors (Lipinski definition) is 1. The molecule has 144 valence electrons. The molecular formula is C21H25NO5. The van der Waals surface area contributed by atoms with Crippen molar-refractivity contribution in [1.29, 1.82) is 0 Å². The molecule has 6 heteroatoms. The lowest BCUT2D eigenvalue weighted by molar-refractivity contribution is -0.152. The Hall–Kier alpha value is -2.86. The molecule has 2 rings (SSSR count). The number of amides is 1. The molecule has 0 aliphatic carbocycles. The highest BCUT2D eigenvalue weighted by Gasteiger charge is 2.16. The number of ether oxygens (including phenoxy) is 3. The van der Waals surface area contributed by atoms with Crippen molar-refractivity contribution in [2.75, 3.05) is 25.1 Å². The van der Waals surface area contributed by atoms with Crippen LogP contribution in [0.3, 0.4) is 0 Å². The van der Waals surface area contributed by atoms with Crippen molar-refractivity contribution < 1.29 is 23.8 Å². The number of carbonyl (C=O) groups is 2. The van der Waals surface area contributed by atoms with Crippen molar-refractivity contribution in [3.05, 3.63) is 59.7 Å². The molecule has 0 fully saturated rings. The number of anilines is 1. The van der Waals surface area contributed by atoms with Crippen LogP contribution in [0.2, 0.25) is 0 Å². The van der Waals surface area contributed by atoms with Gasteiger partial charge in [-0.05, 0) is 57.2 Å². The number of benzene rings is 2. The van der Waals surface area contributed by atoms with E-state index in [-0.39, 0.29) is 12.5 Å². The third kappa shape index (κ3) is 6.75. The Labute approximate surface area is 159 Å². The van der Waals surface area contributed by atoms with Crippen LogP contribution in [0.1, 0.15) is 29.8 Å². The Morgan fingerprint density at radius 1 is 1.00 bits per heavy atom. The normalized spacial score (nSPS) is 11.5. The zero-order valence-electron chi connectivity index (χ0n) is 15.9. The molecule has 1 atom stereocenters. The number of carbonyl (C=O) groups excluding carboxylic acids is 2. The molecule has 2 aromatic rings. The molecule has 1 amide bonds. The molecule has 0 saturated carbocycles. The second-order valence-electron chi connectivity index (χ2n) is 5.97. The average molecular weight is 371 g/mol. The SMILES string of the molecule is CCOCCOC(=O)[C@@H](C)Oc1ccc(C(=O)Nc2ccc(C)cc2)cc1. The van der Waals surface area contributed by atoms with E-state index in [1.807, 2.05) is 38.1 Å². The van der Waals surface area contributed by atoms with Crippen molar-refractivity contribution in [2.24, 2.45) is 0 Å². The Morgan fingerprint density at radius 3 is 2.30 bits per heavy atom. The Morgan fingerprint density at radius 2 is 1.67 bits per heavy atom. The first-order valence-electron chi connectivity index (χ1n) is 8.88. The van der Waals surface area contributed by atoms with Gasteiger partial charge in [0.1, 0.15) is 12.4 Å². The molecule has 0 aliphatic rings. The van der Waals surface area contributed by atoms with Crippen molar-refractivity contribution in [3.8, 4) is 5.75 Å². The van der Waals surface area contributed by atoms with Crippen LogP contribution in [0.15, 0.2) is 48.5 Å². The van der Waals surface area contributed by atoms with Crippen LogP contribution in [0, 0.1) is 6.92 Å². The first kappa shape index (κ1) is 20.5. The summed E-state index contributed by atoms with van der Waals surface area (Å²) >= 11 is 0. The van der Waals surface area contributed by atoms with Crippen LogP contribution in [0.25, 0.3) is 0 Å². The smallest absolute Gasteiger partial charge is 0.347 e. The highest BCUT2D eigenvalue weighted by atomic mass is 16.6. The number of aryl methyl sites for hydroxylation is 1. The number of esters is 1. The average Bonchev–Trinajstić information content (AvgIpc) is 2.67. The minimum absolute atomic E-state index is 0.193. The molecule has 1 N–H and O–H groups in total. The van der Waals surface area contributed by atoms with E-state index in [2.05, 4.69) is 5.32 Å². The first-order valence-corrected chi connectivity index (χ1v) is 8.88. The van der Waals surface area contributed by atoms with E-state index in [9.17, 15) is 9.59 Å². The summed E-state index contributed by atoms with van der Waals surface area (Å²) < 4.78 is 15.7. The van der Waals surface area contributed by atoms with Gasteiger partial charge in [0.25, 0.3) is 5.91 Å². The fraction of sp³-hybridized carbons (Fsp3) is 0.333. The maximum Gasteiger partial charge on any atom is 0.347 e. The zero-order chi connectivity index (χ0) is 19.6. The molecule has 0 bridgehead atoms. The van der Waals surface area contributed by atoms with Crippen LogP contribution in [-0.2, 0) is 14.3 Å². The maximum atomic E-state index is 12.3. The fourth-order valence-electron chi connectivity index (χ4n) is 2.24. The van der Waals surface area contributed by atoms with Gasteiger partial charge in [0.2, 0.25) is 0 Å². The molecule has 0 aliphatic heterocycles. The Kier molecular flexibility index (Phi) is 7.82. The molecule has 27 heavy (non-hydrogen) atoms. The van der Waals surface area contributed by atoms with Crippen LogP contribution in [0.4, 0.5) is 5.69 Å². The lowest BCUT2D eigenvalue weighted by Gasteiger charge is -2.14. The van der Waals surface area contributed by atoms with E-state index in [0.717, 1.165) is 11.3 Å². The van der Waals surface area contributed by atoms with Crippen molar-refractivity contribution in [1.82, 2.24) is 0 Å². The summed E-state index contributed by atoms with van der Waals surface area (Å²) in [5.41, 5.74) is 2.35. The van der Waals surface area contributed by atoms with Gasteiger partial charge in [-0.25, -0.2) is 4.79 Å². The van der Waals surface area contributed by atoms with Gasteiger partial charge in [-0.3, -0.25) is 4.79 Å². The predicted molar refractivity (Wildman–Crippen MR) is 103 cm³/mol. The van der Waals surface area contributed by atoms with Gasteiger partial charge >= 0.3 is 5.97 Å². The fourth-order valence-corrected chi connectivity index (χ4v) is 2.24. The van der Waals surface area contributed by atoms with Crippen LogP contribution >= 0.6 is 0 Å². The van der Waals surface area contributed by atoms with E-state index >= 15 is 0 Å². The first-order chi connectivity index (χ1) is 13.0. The monoisotopic (exact) mass is 371 g/mol. The summed E-state index contributed by atoms with van der Waals surface area (Å²) in [5.74, 6) is -0.194. The third-order valence-electron chi connectivity index (χ3n) is 3.75. The van der Waals surface area contributed by atoms with Crippen LogP contribution < -0.4 is 10.1 Å². The maximum absolute atomic E-state index is 12.3. The second-order valence-corrected chi connectivity index (χ2v) is 5.97. The quantitative estimate of drug-likeness (QED) is 0.539. The molecule has 0 radical (unpaired) electrons. The summed E-state index contributed by atoms with van der Waals surface area (Å²) in [4.78, 5) is 24.1. The Balaban J connectivity index is 1.85. The van der Waals surface area contributed by atoms with E-state index in [1.54, 1.807) is 31.2 Å². The van der Waals surface area contributed by atoms with Crippen molar-refractivity contribution in [2.45, 2.75) is 26.9 Å². The van der Waals surface area contributed by atoms with Gasteiger partial charge in [0, 0.05) is 17.9 Å². The second kappa shape index (κ2) is 10.3. The third-order valence-corrected chi connectivity index (χ3v) is 3.75. The molecule has 0 unspecified atom stereocenters. The molecular weight excluding hydrogens is 346 g/mol. The molecule has 0 heterocycles. The standard InChI is InChI=1S/C21H25NO5/c1-4-25-13-14-26-21(24)16(3)27-19-11-7-17(8-12-19)20(23)22-18-9-5-15(2)6-10-18/h5-12,16H,4,13-14H2,1-3H3,(H,22,23)/t16-/m1/s1. The number of hydrogen-bond acceptors (Lipinski definition) is 5. The molecule has 0 aromatic heterocycles. The predicted octanol–water partition coefficient (Wildman–Crippen LogP) is 3.59. The summed E-state index contributed by atoms with van der Waals surface area (Å²) in [7, 11) is 0. The van der Waals surface area contributed by atoms with Gasteiger partial charge in [-0.2, -0.15) is 0 Å². The topological polar surface area (TPSA) is 73.9 Å². The molecule has 6 nitrogen and oxygen atoms in total. The Bertz CT molecular complexity index is 740. The minimum atomic E-state index is -0.751. The summed E-state index contributed by atoms with van der Waals surface area (Å²) in [5, 5.41) is 2.83. The summed E-state index contributed by atoms with van der Waals surface area (Å²) in [6.07, 6.45) is -0.751. The largest absolute Gasteiger partial charge is 0.479 e. The lowest BCUT2D eigenvalue weighted by Crippen LogP contribution is -2.27. The highest BCUT2D eigenvalue weighted by Crippen LogP contribution is 2.16. The van der Waals surface area contributed by atoms with Crippen LogP contribution in [0.5, 0.6) is 5.75 Å². The van der Waals surface area contributed by atoms with Gasteiger partial charge in [0.15, 0.2) is 6.10 Å². The van der Waals surface area contributed by atoms with Gasteiger partial charge in [0.05, 0.1) is 6.61 Å².